The number of nitrogens with zero attached hydrogens (tertiary/aromatic N) is 1. The van der Waals surface area contributed by atoms with Crippen LogP contribution in [0.1, 0.15) is 17.3 Å². The lowest BCUT2D eigenvalue weighted by Gasteiger charge is -2.23. The molecule has 1 amide bonds. The summed E-state index contributed by atoms with van der Waals surface area (Å²) in [6, 6.07) is 8.35. The Morgan fingerprint density at radius 1 is 1.38 bits per heavy atom. The number of carbonyl (C=O) groups excluding carboxylic acids is 2. The Balaban J connectivity index is 2.79. The van der Waals surface area contributed by atoms with E-state index < -0.39 is 22.8 Å². The normalized spacial score (nSPS) is 14.9. The second kappa shape index (κ2) is 7.91. The topological polar surface area (TPSA) is 83.9 Å². The molecule has 1 aromatic rings. The highest BCUT2D eigenvalue weighted by Crippen LogP contribution is 2.51. The molecule has 116 valence electrons. The number of halogens is 1. The lowest BCUT2D eigenvalue weighted by molar-refractivity contribution is -0.167. The number of ether oxygens (including phenoxy) is 1. The maximum absolute atomic E-state index is 12.0. The molecule has 1 N–H and O–H groups in total. The van der Waals surface area contributed by atoms with Crippen LogP contribution in [0.2, 0.25) is 0 Å². The Morgan fingerprint density at radius 2 is 1.95 bits per heavy atom. The Kier molecular flexibility index (Phi) is 6.83. The molecule has 0 radical (unpaired) electrons. The minimum absolute atomic E-state index is 0.0798. The number of hydrogen-bond acceptors (Lipinski definition) is 5. The van der Waals surface area contributed by atoms with Gasteiger partial charge in [0, 0.05) is 13.1 Å². The third-order valence-corrected chi connectivity index (χ3v) is 4.79. The Morgan fingerprint density at radius 3 is 2.43 bits per heavy atom. The number of hydroxylamine groups is 2. The molecule has 0 heterocycles. The fourth-order valence-electron chi connectivity index (χ4n) is 1.61. The Hall–Kier alpha value is -0.920. The molecule has 0 fully saturated rings. The van der Waals surface area contributed by atoms with Gasteiger partial charge in [0.25, 0.3) is 0 Å². The van der Waals surface area contributed by atoms with Crippen LogP contribution in [-0.2, 0) is 14.1 Å². The largest absolute Gasteiger partial charge is 0.456 e. The van der Waals surface area contributed by atoms with Gasteiger partial charge in [0.05, 0.1) is 12.1 Å². The van der Waals surface area contributed by atoms with Crippen LogP contribution in [0.4, 0.5) is 0 Å². The second-order valence-electron chi connectivity index (χ2n) is 4.66. The van der Waals surface area contributed by atoms with Crippen LogP contribution in [0.25, 0.3) is 0 Å². The average Bonchev–Trinajstić information content (AvgIpc) is 2.37. The van der Waals surface area contributed by atoms with E-state index in [0.717, 1.165) is 0 Å². The molecule has 0 aromatic heterocycles. The van der Waals surface area contributed by atoms with Gasteiger partial charge in [-0.15, -0.1) is 0 Å². The van der Waals surface area contributed by atoms with Crippen molar-refractivity contribution < 1.29 is 24.1 Å². The van der Waals surface area contributed by atoms with E-state index in [-0.39, 0.29) is 12.7 Å². The highest BCUT2D eigenvalue weighted by atomic mass is 127. The Labute approximate surface area is 136 Å². The first-order chi connectivity index (χ1) is 9.69. The molecule has 8 heteroatoms. The molecule has 0 aliphatic carbocycles. The van der Waals surface area contributed by atoms with Gasteiger partial charge >= 0.3 is 5.97 Å². The van der Waals surface area contributed by atoms with E-state index in [1.807, 2.05) is 0 Å². The first-order valence-electron chi connectivity index (χ1n) is 6.18. The molecule has 1 aromatic carbocycles. The molecule has 0 bridgehead atoms. The van der Waals surface area contributed by atoms with Crippen molar-refractivity contribution in [1.29, 1.82) is 0 Å². The zero-order valence-corrected chi connectivity index (χ0v) is 14.8. The number of esters is 1. The molecule has 2 atom stereocenters. The summed E-state index contributed by atoms with van der Waals surface area (Å²) in [4.78, 5) is 20.5. The van der Waals surface area contributed by atoms with Crippen molar-refractivity contribution in [3.63, 3.8) is 0 Å². The van der Waals surface area contributed by atoms with Crippen molar-refractivity contribution in [1.82, 2.24) is 5.06 Å². The van der Waals surface area contributed by atoms with Gasteiger partial charge in [-0.05, 0) is 40.8 Å². The molecule has 0 aliphatic heterocycles. The summed E-state index contributed by atoms with van der Waals surface area (Å²) in [5, 5.41) is 9.93. The lowest BCUT2D eigenvalue weighted by atomic mass is 10.2. The van der Waals surface area contributed by atoms with Gasteiger partial charge in [-0.2, -0.15) is 0 Å². The predicted molar refractivity (Wildman–Crippen MR) is 87.2 cm³/mol. The Bertz CT molecular complexity index is 545. The first kappa shape index (κ1) is 18.1. The van der Waals surface area contributed by atoms with E-state index in [1.54, 1.807) is 59.0 Å². The molecule has 1 rings (SSSR count). The molecule has 6 nitrogen and oxygen atoms in total. The molecule has 0 saturated carbocycles. The fraction of sp³-hybridized carbons (Fsp3) is 0.385. The number of amides is 1. The van der Waals surface area contributed by atoms with Gasteiger partial charge in [-0.25, -0.2) is 9.86 Å². The SMILES string of the molecule is CC(=O)N(O)CC(CP(C)(=O)I)OC(=O)c1ccccc1. The van der Waals surface area contributed by atoms with Gasteiger partial charge in [-0.3, -0.25) is 10.0 Å². The van der Waals surface area contributed by atoms with Crippen LogP contribution in [0.5, 0.6) is 0 Å². The summed E-state index contributed by atoms with van der Waals surface area (Å²) in [7, 11) is 0. The minimum Gasteiger partial charge on any atom is -0.456 e. The molecule has 0 aliphatic rings. The monoisotopic (exact) mass is 425 g/mol. The number of hydrogen-bond donors (Lipinski definition) is 1. The maximum Gasteiger partial charge on any atom is 0.338 e. The van der Waals surface area contributed by atoms with E-state index in [4.69, 9.17) is 4.74 Å². The van der Waals surface area contributed by atoms with Crippen LogP contribution < -0.4 is 0 Å². The van der Waals surface area contributed by atoms with Crippen LogP contribution in [0.15, 0.2) is 30.3 Å². The van der Waals surface area contributed by atoms with E-state index in [1.165, 1.54) is 6.92 Å². The first-order valence-corrected chi connectivity index (χ1v) is 11.3. The van der Waals surface area contributed by atoms with Crippen molar-refractivity contribution in [3.8, 4) is 0 Å². The predicted octanol–water partition coefficient (Wildman–Crippen LogP) is 2.79. The van der Waals surface area contributed by atoms with Crippen LogP contribution >= 0.6 is 26.8 Å². The fourth-order valence-corrected chi connectivity index (χ4v) is 3.85. The highest BCUT2D eigenvalue weighted by Gasteiger charge is 2.25. The van der Waals surface area contributed by atoms with Crippen LogP contribution in [0.3, 0.4) is 0 Å². The van der Waals surface area contributed by atoms with Crippen molar-refractivity contribution in [2.75, 3.05) is 19.4 Å². The number of rotatable bonds is 6. The molecular weight excluding hydrogens is 408 g/mol. The number of benzene rings is 1. The second-order valence-corrected chi connectivity index (χ2v) is 13.1. The average molecular weight is 425 g/mol. The van der Waals surface area contributed by atoms with E-state index >= 15 is 0 Å². The molecule has 0 spiro atoms. The minimum atomic E-state index is -2.51. The zero-order valence-electron chi connectivity index (χ0n) is 11.7. The number of carbonyl (C=O) groups is 2. The summed E-state index contributed by atoms with van der Waals surface area (Å²) >= 11 is 1.80. The molecule has 0 saturated heterocycles. The quantitative estimate of drug-likeness (QED) is 0.249. The van der Waals surface area contributed by atoms with Crippen LogP contribution in [0, 0.1) is 0 Å². The lowest BCUT2D eigenvalue weighted by Crippen LogP contribution is -2.37. The van der Waals surface area contributed by atoms with Gasteiger partial charge in [0.15, 0.2) is 0 Å². The summed E-state index contributed by atoms with van der Waals surface area (Å²) in [6.07, 6.45) is -0.754. The van der Waals surface area contributed by atoms with Crippen LogP contribution in [-0.4, -0.2) is 47.6 Å². The van der Waals surface area contributed by atoms with E-state index in [2.05, 4.69) is 0 Å². The van der Waals surface area contributed by atoms with Crippen molar-refractivity contribution in [2.24, 2.45) is 0 Å². The third-order valence-electron chi connectivity index (χ3n) is 2.55. The third kappa shape index (κ3) is 7.06. The van der Waals surface area contributed by atoms with Gasteiger partial charge in [0.1, 0.15) is 10.9 Å². The highest BCUT2D eigenvalue weighted by molar-refractivity contribution is 14.2. The summed E-state index contributed by atoms with van der Waals surface area (Å²) in [5.41, 5.74) is 0.356. The van der Waals surface area contributed by atoms with Gasteiger partial charge in [-0.1, -0.05) is 18.2 Å². The van der Waals surface area contributed by atoms with Gasteiger partial charge in [0.2, 0.25) is 5.91 Å². The van der Waals surface area contributed by atoms with Crippen molar-refractivity contribution in [3.05, 3.63) is 35.9 Å². The van der Waals surface area contributed by atoms with E-state index in [0.29, 0.717) is 10.6 Å². The maximum atomic E-state index is 12.0. The van der Waals surface area contributed by atoms with Gasteiger partial charge < -0.3 is 9.30 Å². The van der Waals surface area contributed by atoms with Crippen molar-refractivity contribution in [2.45, 2.75) is 13.0 Å². The summed E-state index contributed by atoms with van der Waals surface area (Å²) in [5.74, 6) is -1.16. The van der Waals surface area contributed by atoms with Crippen molar-refractivity contribution >= 4 is 38.7 Å². The summed E-state index contributed by atoms with van der Waals surface area (Å²) < 4.78 is 17.2. The smallest absolute Gasteiger partial charge is 0.338 e. The summed E-state index contributed by atoms with van der Waals surface area (Å²) in [6.45, 7) is 2.52. The molecule has 21 heavy (non-hydrogen) atoms. The standard InChI is InChI=1S/C13H17INO5P/c1-10(16)15(18)8-12(9-21(2,14)19)20-13(17)11-6-4-3-5-7-11/h3-7,12,18H,8-9H2,1-2H3. The van der Waals surface area contributed by atoms with E-state index in [9.17, 15) is 19.4 Å². The molecule has 2 unspecified atom stereocenters. The molecular formula is C13H17INO5P. The zero-order chi connectivity index (χ0) is 16.0.